The van der Waals surface area contributed by atoms with E-state index in [0.29, 0.717) is 29.2 Å². The highest BCUT2D eigenvalue weighted by Gasteiger charge is 2.25. The van der Waals surface area contributed by atoms with E-state index in [9.17, 15) is 13.2 Å². The molecule has 6 nitrogen and oxygen atoms in total. The summed E-state index contributed by atoms with van der Waals surface area (Å²) in [6.45, 7) is 1.17. The summed E-state index contributed by atoms with van der Waals surface area (Å²) in [5.74, 6) is 0.520. The molecule has 1 N–H and O–H groups in total. The number of amides is 1. The second kappa shape index (κ2) is 9.54. The van der Waals surface area contributed by atoms with Crippen LogP contribution in [0.3, 0.4) is 0 Å². The molecule has 1 amide bonds. The fourth-order valence-electron chi connectivity index (χ4n) is 3.77. The molecule has 166 valence electrons. The molecule has 0 aromatic heterocycles. The number of hydrogen-bond donors (Lipinski definition) is 1. The van der Waals surface area contributed by atoms with Crippen molar-refractivity contribution in [1.29, 1.82) is 0 Å². The fourth-order valence-corrected chi connectivity index (χ4v) is 5.28. The third-order valence-electron chi connectivity index (χ3n) is 5.64. The van der Waals surface area contributed by atoms with Crippen LogP contribution in [0.4, 0.5) is 5.69 Å². The summed E-state index contributed by atoms with van der Waals surface area (Å²) in [5.41, 5.74) is 3.02. The fraction of sp³-hybridized carbons (Fsp3) is 0.240. The number of nitrogens with one attached hydrogen (secondary N) is 1. The van der Waals surface area contributed by atoms with Crippen LogP contribution >= 0.6 is 0 Å². The first-order valence-corrected chi connectivity index (χ1v) is 12.1. The van der Waals surface area contributed by atoms with E-state index in [1.807, 2.05) is 24.3 Å². The van der Waals surface area contributed by atoms with Gasteiger partial charge in [0.2, 0.25) is 10.0 Å². The molecule has 0 spiro atoms. The van der Waals surface area contributed by atoms with Crippen molar-refractivity contribution in [3.8, 4) is 16.9 Å². The Bertz CT molecular complexity index is 1170. The topological polar surface area (TPSA) is 75.7 Å². The molecule has 1 aliphatic rings. The van der Waals surface area contributed by atoms with Gasteiger partial charge in [-0.15, -0.1) is 0 Å². The molecule has 3 aromatic rings. The highest BCUT2D eigenvalue weighted by Crippen LogP contribution is 2.25. The van der Waals surface area contributed by atoms with Gasteiger partial charge in [0.25, 0.3) is 5.91 Å². The van der Waals surface area contributed by atoms with Gasteiger partial charge in [0.15, 0.2) is 0 Å². The first-order chi connectivity index (χ1) is 15.5. The zero-order valence-electron chi connectivity index (χ0n) is 18.0. The van der Waals surface area contributed by atoms with Gasteiger partial charge < -0.3 is 10.1 Å². The van der Waals surface area contributed by atoms with E-state index in [0.717, 1.165) is 36.1 Å². The number of nitrogens with zero attached hydrogens (tertiary/aromatic N) is 1. The number of carbonyl (C=O) groups excluding carboxylic acids is 1. The predicted octanol–water partition coefficient (Wildman–Crippen LogP) is 4.79. The number of hydrogen-bond acceptors (Lipinski definition) is 4. The quantitative estimate of drug-likeness (QED) is 0.586. The van der Waals surface area contributed by atoms with Crippen molar-refractivity contribution in [2.24, 2.45) is 0 Å². The molecule has 0 saturated carbocycles. The first-order valence-electron chi connectivity index (χ1n) is 10.6. The largest absolute Gasteiger partial charge is 0.497 e. The van der Waals surface area contributed by atoms with E-state index in [2.05, 4.69) is 5.32 Å². The Morgan fingerprint density at radius 3 is 1.94 bits per heavy atom. The van der Waals surface area contributed by atoms with Crippen LogP contribution in [-0.4, -0.2) is 38.8 Å². The smallest absolute Gasteiger partial charge is 0.255 e. The van der Waals surface area contributed by atoms with Crippen molar-refractivity contribution in [3.05, 3.63) is 78.4 Å². The molecule has 1 fully saturated rings. The van der Waals surface area contributed by atoms with Crippen molar-refractivity contribution < 1.29 is 17.9 Å². The Hall–Kier alpha value is -3.16. The lowest BCUT2D eigenvalue weighted by Crippen LogP contribution is -2.35. The Morgan fingerprint density at radius 1 is 0.812 bits per heavy atom. The van der Waals surface area contributed by atoms with Crippen molar-refractivity contribution in [2.75, 3.05) is 25.5 Å². The lowest BCUT2D eigenvalue weighted by atomic mass is 10.0. The molecular weight excluding hydrogens is 424 g/mol. The van der Waals surface area contributed by atoms with Gasteiger partial charge in [-0.3, -0.25) is 4.79 Å². The molecule has 0 aliphatic carbocycles. The van der Waals surface area contributed by atoms with E-state index >= 15 is 0 Å². The molecule has 0 bridgehead atoms. The van der Waals surface area contributed by atoms with E-state index in [4.69, 9.17) is 4.74 Å². The standard InChI is InChI=1S/C25H26N2O4S/c1-31-23-13-11-22(12-14-23)26-25(28)21-7-5-19(6-8-21)20-9-15-24(16-10-20)32(29,30)27-17-3-2-4-18-27/h5-16H,2-4,17-18H2,1H3,(H,26,28). The minimum absolute atomic E-state index is 0.204. The number of rotatable bonds is 6. The Kier molecular flexibility index (Phi) is 6.58. The normalized spacial score (nSPS) is 14.7. The van der Waals surface area contributed by atoms with Crippen molar-refractivity contribution in [2.45, 2.75) is 24.2 Å². The molecule has 0 radical (unpaired) electrons. The number of sulfonamides is 1. The molecule has 1 saturated heterocycles. The molecule has 1 aliphatic heterocycles. The summed E-state index contributed by atoms with van der Waals surface area (Å²) in [7, 11) is -1.85. The number of carbonyl (C=O) groups is 1. The second-order valence-electron chi connectivity index (χ2n) is 7.75. The number of benzene rings is 3. The maximum absolute atomic E-state index is 12.8. The van der Waals surface area contributed by atoms with Crippen molar-refractivity contribution >= 4 is 21.6 Å². The van der Waals surface area contributed by atoms with Gasteiger partial charge >= 0.3 is 0 Å². The summed E-state index contributed by atoms with van der Waals surface area (Å²) in [5, 5.41) is 2.86. The van der Waals surface area contributed by atoms with Gasteiger partial charge in [-0.05, 0) is 72.5 Å². The van der Waals surface area contributed by atoms with Gasteiger partial charge in [0.05, 0.1) is 12.0 Å². The average Bonchev–Trinajstić information content (AvgIpc) is 2.85. The number of methoxy groups -OCH3 is 1. The summed E-state index contributed by atoms with van der Waals surface area (Å²) in [6, 6.07) is 21.3. The van der Waals surface area contributed by atoms with Crippen LogP contribution in [0.1, 0.15) is 29.6 Å². The summed E-state index contributed by atoms with van der Waals surface area (Å²) in [4.78, 5) is 12.8. The molecule has 1 heterocycles. The summed E-state index contributed by atoms with van der Waals surface area (Å²) in [6.07, 6.45) is 2.91. The highest BCUT2D eigenvalue weighted by molar-refractivity contribution is 7.89. The van der Waals surface area contributed by atoms with Gasteiger partial charge in [0.1, 0.15) is 5.75 Å². The SMILES string of the molecule is COc1ccc(NC(=O)c2ccc(-c3ccc(S(=O)(=O)N4CCCCC4)cc3)cc2)cc1. The lowest BCUT2D eigenvalue weighted by Gasteiger charge is -2.25. The Morgan fingerprint density at radius 2 is 1.38 bits per heavy atom. The van der Waals surface area contributed by atoms with Gasteiger partial charge in [-0.25, -0.2) is 8.42 Å². The minimum atomic E-state index is -3.44. The maximum atomic E-state index is 12.8. The lowest BCUT2D eigenvalue weighted by molar-refractivity contribution is 0.102. The van der Waals surface area contributed by atoms with Gasteiger partial charge in [-0.1, -0.05) is 30.7 Å². The van der Waals surface area contributed by atoms with E-state index in [1.54, 1.807) is 59.9 Å². The van der Waals surface area contributed by atoms with Crippen LogP contribution in [0.15, 0.2) is 77.7 Å². The van der Waals surface area contributed by atoms with Gasteiger partial charge in [-0.2, -0.15) is 4.31 Å². The van der Waals surface area contributed by atoms with Crippen LogP contribution in [0.25, 0.3) is 11.1 Å². The van der Waals surface area contributed by atoms with Crippen LogP contribution in [-0.2, 0) is 10.0 Å². The average molecular weight is 451 g/mol. The molecule has 0 unspecified atom stereocenters. The van der Waals surface area contributed by atoms with Crippen LogP contribution in [0.2, 0.25) is 0 Å². The third-order valence-corrected chi connectivity index (χ3v) is 7.55. The molecule has 3 aromatic carbocycles. The monoisotopic (exact) mass is 450 g/mol. The highest BCUT2D eigenvalue weighted by atomic mass is 32.2. The minimum Gasteiger partial charge on any atom is -0.497 e. The van der Waals surface area contributed by atoms with Gasteiger partial charge in [0, 0.05) is 24.3 Å². The first kappa shape index (κ1) is 22.0. The Labute approximate surface area is 188 Å². The molecule has 32 heavy (non-hydrogen) atoms. The molecule has 0 atom stereocenters. The summed E-state index contributed by atoms with van der Waals surface area (Å²) < 4.78 is 32.3. The molecule has 4 rings (SSSR count). The van der Waals surface area contributed by atoms with Crippen LogP contribution in [0.5, 0.6) is 5.75 Å². The molecular formula is C25H26N2O4S. The van der Waals surface area contributed by atoms with Crippen LogP contribution in [0, 0.1) is 0 Å². The zero-order chi connectivity index (χ0) is 22.6. The number of piperidine rings is 1. The van der Waals surface area contributed by atoms with Crippen LogP contribution < -0.4 is 10.1 Å². The third kappa shape index (κ3) is 4.84. The van der Waals surface area contributed by atoms with E-state index in [1.165, 1.54) is 0 Å². The van der Waals surface area contributed by atoms with E-state index < -0.39 is 10.0 Å². The number of anilines is 1. The van der Waals surface area contributed by atoms with E-state index in [-0.39, 0.29) is 5.91 Å². The molecule has 7 heteroatoms. The van der Waals surface area contributed by atoms with Crippen molar-refractivity contribution in [3.63, 3.8) is 0 Å². The summed E-state index contributed by atoms with van der Waals surface area (Å²) >= 11 is 0. The zero-order valence-corrected chi connectivity index (χ0v) is 18.8. The Balaban J connectivity index is 1.44. The number of ether oxygens (including phenoxy) is 1. The maximum Gasteiger partial charge on any atom is 0.255 e. The second-order valence-corrected chi connectivity index (χ2v) is 9.69. The van der Waals surface area contributed by atoms with Crippen molar-refractivity contribution in [1.82, 2.24) is 4.31 Å². The predicted molar refractivity (Wildman–Crippen MR) is 125 cm³/mol.